The largest absolute Gasteiger partial charge is 0.445 e. The summed E-state index contributed by atoms with van der Waals surface area (Å²) in [5, 5.41) is 1.50. The molecule has 1 fully saturated rings. The van der Waals surface area contributed by atoms with E-state index in [-0.39, 0.29) is 24.2 Å². The van der Waals surface area contributed by atoms with Crippen LogP contribution in [0.2, 0.25) is 0 Å². The number of fused-ring (bicyclic) bond motifs is 3. The number of ether oxygens (including phenoxy) is 1. The normalized spacial score (nSPS) is 19.1. The number of benzene rings is 1. The number of rotatable bonds is 3. The smallest absolute Gasteiger partial charge is 0.410 e. The third kappa shape index (κ3) is 3.56. The monoisotopic (exact) mass is 416 g/mol. The van der Waals surface area contributed by atoms with Gasteiger partial charge in [0.15, 0.2) is 5.43 Å². The summed E-state index contributed by atoms with van der Waals surface area (Å²) in [5.41, 5.74) is 2.51. The molecular weight excluding hydrogens is 392 g/mol. The number of aromatic nitrogens is 3. The molecule has 1 N–H and O–H groups in total. The quantitative estimate of drug-likeness (QED) is 0.545. The van der Waals surface area contributed by atoms with Crippen molar-refractivity contribution in [2.24, 2.45) is 5.92 Å². The van der Waals surface area contributed by atoms with Crippen LogP contribution in [-0.4, -0.2) is 38.6 Å². The molecule has 0 saturated carbocycles. The Kier molecular flexibility index (Phi) is 4.94. The Hall–Kier alpha value is -3.61. The summed E-state index contributed by atoms with van der Waals surface area (Å²) in [6.45, 7) is 3.63. The van der Waals surface area contributed by atoms with E-state index in [1.165, 1.54) is 0 Å². The first-order valence-electron chi connectivity index (χ1n) is 10.5. The molecule has 1 aliphatic heterocycles. The molecule has 1 saturated heterocycles. The second-order valence-corrected chi connectivity index (χ2v) is 8.17. The number of H-pyrrole nitrogens is 1. The molecule has 7 nitrogen and oxygen atoms in total. The van der Waals surface area contributed by atoms with Crippen LogP contribution in [0.3, 0.4) is 0 Å². The minimum atomic E-state index is -0.306. The van der Waals surface area contributed by atoms with Gasteiger partial charge in [0.05, 0.1) is 16.9 Å². The van der Waals surface area contributed by atoms with E-state index < -0.39 is 0 Å². The number of hydrogen-bond acceptors (Lipinski definition) is 4. The molecule has 7 heteroatoms. The number of hydrogen-bond donors (Lipinski definition) is 1. The fourth-order valence-electron chi connectivity index (χ4n) is 4.43. The van der Waals surface area contributed by atoms with Crippen LogP contribution in [0.1, 0.15) is 24.9 Å². The van der Waals surface area contributed by atoms with Gasteiger partial charge in [-0.2, -0.15) is 0 Å². The van der Waals surface area contributed by atoms with E-state index in [9.17, 15) is 9.59 Å². The molecule has 1 aliphatic rings. The van der Waals surface area contributed by atoms with E-state index in [2.05, 4.69) is 21.5 Å². The first-order chi connectivity index (χ1) is 15.1. The molecular formula is C24H24N4O3. The molecule has 2 atom stereocenters. The molecule has 0 aliphatic carbocycles. The Morgan fingerprint density at radius 3 is 2.87 bits per heavy atom. The molecule has 4 heterocycles. The molecule has 3 aromatic heterocycles. The highest BCUT2D eigenvalue weighted by Gasteiger charge is 2.31. The standard InChI is InChI=1S/C24H24N4O3/c1-16-8-11-27(24(30)31-15-17-5-3-2-4-6-17)14-20(16)28-12-9-21(29)19-13-26-23-18(22(19)28)7-10-25-23/h2-7,9-10,12-13,16,20H,8,11,14-15H2,1H3,(H,25,26)/t16-,20+/m1/s1. The fourth-order valence-corrected chi connectivity index (χ4v) is 4.43. The van der Waals surface area contributed by atoms with Crippen LogP contribution in [0, 0.1) is 5.92 Å². The van der Waals surface area contributed by atoms with Crippen molar-refractivity contribution in [1.82, 2.24) is 19.4 Å². The van der Waals surface area contributed by atoms with Gasteiger partial charge < -0.3 is 19.2 Å². The van der Waals surface area contributed by atoms with E-state index in [1.54, 1.807) is 17.2 Å². The molecule has 31 heavy (non-hydrogen) atoms. The lowest BCUT2D eigenvalue weighted by atomic mass is 9.92. The van der Waals surface area contributed by atoms with Crippen LogP contribution < -0.4 is 5.43 Å². The van der Waals surface area contributed by atoms with Gasteiger partial charge in [0, 0.05) is 43.1 Å². The Morgan fingerprint density at radius 2 is 2.03 bits per heavy atom. The summed E-state index contributed by atoms with van der Waals surface area (Å²) in [5.74, 6) is 0.339. The van der Waals surface area contributed by atoms with Crippen LogP contribution in [0.15, 0.2) is 65.8 Å². The Morgan fingerprint density at radius 1 is 1.19 bits per heavy atom. The summed E-state index contributed by atoms with van der Waals surface area (Å²) in [4.78, 5) is 34.5. The highest BCUT2D eigenvalue weighted by Crippen LogP contribution is 2.32. The molecule has 0 bridgehead atoms. The predicted octanol–water partition coefficient (Wildman–Crippen LogP) is 4.10. The maximum Gasteiger partial charge on any atom is 0.410 e. The first-order valence-corrected chi connectivity index (χ1v) is 10.5. The van der Waals surface area contributed by atoms with Crippen molar-refractivity contribution in [2.45, 2.75) is 26.0 Å². The van der Waals surface area contributed by atoms with Crippen molar-refractivity contribution >= 4 is 28.0 Å². The molecule has 0 spiro atoms. The number of nitrogens with zero attached hydrogens (tertiary/aromatic N) is 3. The SMILES string of the molecule is C[C@@H]1CCN(C(=O)OCc2ccccc2)C[C@@H]1n1ccc(=O)c2cnc3[nH]ccc3c21. The van der Waals surface area contributed by atoms with Crippen LogP contribution in [-0.2, 0) is 11.3 Å². The van der Waals surface area contributed by atoms with Gasteiger partial charge in [0.2, 0.25) is 0 Å². The van der Waals surface area contributed by atoms with Crippen molar-refractivity contribution in [3.05, 3.63) is 76.8 Å². The highest BCUT2D eigenvalue weighted by molar-refractivity contribution is 6.02. The fraction of sp³-hybridized carbons (Fsp3) is 0.292. The molecule has 1 aromatic carbocycles. The predicted molar refractivity (Wildman–Crippen MR) is 119 cm³/mol. The van der Waals surface area contributed by atoms with E-state index >= 15 is 0 Å². The van der Waals surface area contributed by atoms with Crippen LogP contribution in [0.4, 0.5) is 4.79 Å². The minimum Gasteiger partial charge on any atom is -0.445 e. The van der Waals surface area contributed by atoms with Crippen LogP contribution >= 0.6 is 0 Å². The van der Waals surface area contributed by atoms with Crippen molar-refractivity contribution in [2.75, 3.05) is 13.1 Å². The van der Waals surface area contributed by atoms with Gasteiger partial charge in [-0.25, -0.2) is 9.78 Å². The molecule has 4 aromatic rings. The van der Waals surface area contributed by atoms with E-state index in [4.69, 9.17) is 4.74 Å². The lowest BCUT2D eigenvalue weighted by Gasteiger charge is -2.38. The number of nitrogens with one attached hydrogen (secondary N) is 1. The van der Waals surface area contributed by atoms with Crippen molar-refractivity contribution in [1.29, 1.82) is 0 Å². The molecule has 5 rings (SSSR count). The average Bonchev–Trinajstić information content (AvgIpc) is 3.28. The summed E-state index contributed by atoms with van der Waals surface area (Å²) in [6, 6.07) is 13.2. The second kappa shape index (κ2) is 7.91. The molecule has 158 valence electrons. The third-order valence-electron chi connectivity index (χ3n) is 6.21. The van der Waals surface area contributed by atoms with Crippen molar-refractivity contribution in [3.63, 3.8) is 0 Å². The second-order valence-electron chi connectivity index (χ2n) is 8.17. The Labute approximate surface area is 179 Å². The van der Waals surface area contributed by atoms with Crippen LogP contribution in [0.5, 0.6) is 0 Å². The minimum absolute atomic E-state index is 0.0293. The zero-order valence-electron chi connectivity index (χ0n) is 17.3. The maximum atomic E-state index is 12.8. The molecule has 0 radical (unpaired) electrons. The maximum absolute atomic E-state index is 12.8. The van der Waals surface area contributed by atoms with Crippen molar-refractivity contribution in [3.8, 4) is 0 Å². The summed E-state index contributed by atoms with van der Waals surface area (Å²) in [6.07, 6.45) is 5.86. The van der Waals surface area contributed by atoms with Gasteiger partial charge in [0.25, 0.3) is 0 Å². The number of aromatic amines is 1. The van der Waals surface area contributed by atoms with E-state index in [0.29, 0.717) is 24.4 Å². The van der Waals surface area contributed by atoms with E-state index in [1.807, 2.05) is 48.8 Å². The summed E-state index contributed by atoms with van der Waals surface area (Å²) >= 11 is 0. The average molecular weight is 416 g/mol. The van der Waals surface area contributed by atoms with Crippen molar-refractivity contribution < 1.29 is 9.53 Å². The molecule has 0 unspecified atom stereocenters. The number of likely N-dealkylation sites (tertiary alicyclic amines) is 1. The summed E-state index contributed by atoms with van der Waals surface area (Å²) < 4.78 is 7.70. The van der Waals surface area contributed by atoms with Gasteiger partial charge in [0.1, 0.15) is 12.3 Å². The number of carbonyl (C=O) groups is 1. The number of amides is 1. The van der Waals surface area contributed by atoms with Gasteiger partial charge in [-0.1, -0.05) is 37.3 Å². The third-order valence-corrected chi connectivity index (χ3v) is 6.21. The highest BCUT2D eigenvalue weighted by atomic mass is 16.6. The van der Waals surface area contributed by atoms with Gasteiger partial charge in [-0.15, -0.1) is 0 Å². The van der Waals surface area contributed by atoms with E-state index in [0.717, 1.165) is 28.5 Å². The van der Waals surface area contributed by atoms with Gasteiger partial charge in [-0.3, -0.25) is 4.79 Å². The van der Waals surface area contributed by atoms with Gasteiger partial charge in [-0.05, 0) is 24.0 Å². The number of pyridine rings is 2. The lowest BCUT2D eigenvalue weighted by molar-refractivity contribution is 0.0697. The van der Waals surface area contributed by atoms with Crippen LogP contribution in [0.25, 0.3) is 21.9 Å². The topological polar surface area (TPSA) is 80.2 Å². The first kappa shape index (κ1) is 19.4. The summed E-state index contributed by atoms with van der Waals surface area (Å²) in [7, 11) is 0. The van der Waals surface area contributed by atoms with Gasteiger partial charge >= 0.3 is 6.09 Å². The Bertz CT molecular complexity index is 1290. The zero-order valence-corrected chi connectivity index (χ0v) is 17.3. The zero-order chi connectivity index (χ0) is 21.4. The number of carbonyl (C=O) groups excluding carboxylic acids is 1. The lowest BCUT2D eigenvalue weighted by Crippen LogP contribution is -2.44. The Balaban J connectivity index is 1.45. The number of piperidine rings is 1. The molecule has 1 amide bonds.